The molecule has 0 atom stereocenters. The van der Waals surface area contributed by atoms with Gasteiger partial charge in [0.1, 0.15) is 11.0 Å². The molecule has 20 heavy (non-hydrogen) atoms. The summed E-state index contributed by atoms with van der Waals surface area (Å²) in [5.74, 6) is -0.00664. The number of rotatable bonds is 4. The summed E-state index contributed by atoms with van der Waals surface area (Å²) in [7, 11) is -3.87. The van der Waals surface area contributed by atoms with Gasteiger partial charge in [-0.2, -0.15) is 0 Å². The first-order valence-corrected chi connectivity index (χ1v) is 8.06. The van der Waals surface area contributed by atoms with E-state index in [1.165, 1.54) is 6.07 Å². The number of aromatic nitrogens is 2. The Kier molecular flexibility index (Phi) is 4.59. The lowest BCUT2D eigenvalue weighted by Gasteiger charge is -2.06. The van der Waals surface area contributed by atoms with Crippen LogP contribution in [0.1, 0.15) is 5.56 Å². The molecule has 2 aromatic rings. The number of nitrogens with two attached hydrogens (primary N) is 1. The molecule has 0 bridgehead atoms. The summed E-state index contributed by atoms with van der Waals surface area (Å²) in [5.41, 5.74) is 6.24. The van der Waals surface area contributed by atoms with E-state index in [2.05, 4.69) is 30.6 Å². The highest BCUT2D eigenvalue weighted by molar-refractivity contribution is 9.10. The number of nitrogens with zero attached hydrogens (tertiary/aromatic N) is 2. The largest absolute Gasteiger partial charge is 0.384 e. The van der Waals surface area contributed by atoms with Crippen LogP contribution < -0.4 is 10.5 Å². The predicted octanol–water partition coefficient (Wildman–Crippen LogP) is 1.95. The number of nitrogens with one attached hydrogen (secondary N) is 1. The van der Waals surface area contributed by atoms with Gasteiger partial charge >= 0.3 is 0 Å². The summed E-state index contributed by atoms with van der Waals surface area (Å²) in [6.07, 6.45) is 0. The molecule has 0 fully saturated rings. The summed E-state index contributed by atoms with van der Waals surface area (Å²) < 4.78 is 27.3. The Balaban J connectivity index is 2.19. The molecule has 0 saturated carbocycles. The van der Waals surface area contributed by atoms with Gasteiger partial charge in [-0.3, -0.25) is 0 Å². The quantitative estimate of drug-likeness (QED) is 0.627. The van der Waals surface area contributed by atoms with Crippen molar-refractivity contribution >= 4 is 43.4 Å². The fraction of sp³-hybridized carbons (Fsp3) is 0.0909. The molecule has 0 aliphatic carbocycles. The van der Waals surface area contributed by atoms with Crippen LogP contribution in [0.15, 0.2) is 40.0 Å². The van der Waals surface area contributed by atoms with Crippen LogP contribution in [0.25, 0.3) is 0 Å². The molecule has 0 amide bonds. The lowest BCUT2D eigenvalue weighted by Crippen LogP contribution is -2.25. The Hall–Kier alpha value is -1.22. The van der Waals surface area contributed by atoms with Gasteiger partial charge in [-0.1, -0.05) is 39.7 Å². The second-order valence-corrected chi connectivity index (χ2v) is 6.82. The third-order valence-electron chi connectivity index (χ3n) is 2.29. The summed E-state index contributed by atoms with van der Waals surface area (Å²) >= 11 is 8.98. The monoisotopic (exact) mass is 376 g/mol. The van der Waals surface area contributed by atoms with Gasteiger partial charge in [0, 0.05) is 17.1 Å². The van der Waals surface area contributed by atoms with Crippen molar-refractivity contribution in [3.05, 3.63) is 45.5 Å². The van der Waals surface area contributed by atoms with Crippen LogP contribution in [0.4, 0.5) is 5.82 Å². The number of halogens is 2. The van der Waals surface area contributed by atoms with Gasteiger partial charge in [-0.05, 0) is 17.7 Å². The van der Waals surface area contributed by atoms with Gasteiger partial charge in [-0.25, -0.2) is 23.1 Å². The van der Waals surface area contributed by atoms with Gasteiger partial charge < -0.3 is 5.73 Å². The van der Waals surface area contributed by atoms with Crippen molar-refractivity contribution in [1.29, 1.82) is 0 Å². The van der Waals surface area contributed by atoms with E-state index in [0.29, 0.717) is 0 Å². The second kappa shape index (κ2) is 6.04. The Bertz CT molecular complexity index is 719. The fourth-order valence-electron chi connectivity index (χ4n) is 1.42. The molecule has 0 spiro atoms. The predicted molar refractivity (Wildman–Crippen MR) is 79.6 cm³/mol. The fourth-order valence-corrected chi connectivity index (χ4v) is 3.04. The molecule has 6 nitrogen and oxygen atoms in total. The highest BCUT2D eigenvalue weighted by Gasteiger charge is 2.18. The lowest BCUT2D eigenvalue weighted by molar-refractivity contribution is 0.572. The smallest absolute Gasteiger partial charge is 0.276 e. The van der Waals surface area contributed by atoms with Crippen molar-refractivity contribution in [3.63, 3.8) is 0 Å². The van der Waals surface area contributed by atoms with Gasteiger partial charge in [0.15, 0.2) is 0 Å². The zero-order chi connectivity index (χ0) is 14.8. The van der Waals surface area contributed by atoms with Crippen LogP contribution in [0, 0.1) is 0 Å². The van der Waals surface area contributed by atoms with E-state index < -0.39 is 15.2 Å². The third kappa shape index (κ3) is 3.89. The normalized spacial score (nSPS) is 11.5. The molecule has 0 radical (unpaired) electrons. The van der Waals surface area contributed by atoms with Gasteiger partial charge in [-0.15, -0.1) is 0 Å². The van der Waals surface area contributed by atoms with Crippen LogP contribution in [-0.2, 0) is 16.6 Å². The Morgan fingerprint density at radius 1 is 1.30 bits per heavy atom. The number of hydrogen-bond acceptors (Lipinski definition) is 5. The zero-order valence-corrected chi connectivity index (χ0v) is 13.2. The highest BCUT2D eigenvalue weighted by atomic mass is 79.9. The topological polar surface area (TPSA) is 98.0 Å². The van der Waals surface area contributed by atoms with Crippen molar-refractivity contribution in [1.82, 2.24) is 14.7 Å². The second-order valence-electron chi connectivity index (χ2n) is 3.85. The third-order valence-corrected chi connectivity index (χ3v) is 4.16. The summed E-state index contributed by atoms with van der Waals surface area (Å²) in [4.78, 5) is 7.31. The van der Waals surface area contributed by atoms with Gasteiger partial charge in [0.2, 0.25) is 0 Å². The van der Waals surface area contributed by atoms with Gasteiger partial charge in [0.05, 0.1) is 0 Å². The van der Waals surface area contributed by atoms with Crippen LogP contribution in [-0.4, -0.2) is 18.4 Å². The van der Waals surface area contributed by atoms with E-state index in [1.54, 1.807) is 12.1 Å². The summed E-state index contributed by atoms with van der Waals surface area (Å²) in [5, 5.41) is -0.474. The first kappa shape index (κ1) is 15.2. The molecule has 106 valence electrons. The van der Waals surface area contributed by atoms with Crippen molar-refractivity contribution in [3.8, 4) is 0 Å². The molecule has 0 aliphatic heterocycles. The average molecular weight is 378 g/mol. The lowest BCUT2D eigenvalue weighted by atomic mass is 10.2. The molecule has 1 heterocycles. The van der Waals surface area contributed by atoms with Crippen LogP contribution in [0.5, 0.6) is 0 Å². The summed E-state index contributed by atoms with van der Waals surface area (Å²) in [6.45, 7) is 0.109. The van der Waals surface area contributed by atoms with E-state index >= 15 is 0 Å². The van der Waals surface area contributed by atoms with Crippen molar-refractivity contribution < 1.29 is 8.42 Å². The van der Waals surface area contributed by atoms with Crippen LogP contribution >= 0.6 is 27.5 Å². The van der Waals surface area contributed by atoms with E-state index in [0.717, 1.165) is 10.0 Å². The minimum Gasteiger partial charge on any atom is -0.384 e. The number of anilines is 1. The van der Waals surface area contributed by atoms with E-state index in [9.17, 15) is 8.42 Å². The maximum Gasteiger partial charge on any atom is 0.276 e. The molecule has 0 unspecified atom stereocenters. The molecule has 1 aromatic carbocycles. The number of sulfonamides is 1. The molecule has 9 heteroatoms. The SMILES string of the molecule is Nc1cc(Cl)nc(S(=O)(=O)NCc2cccc(Br)c2)n1. The molecular formula is C11H10BrClN4O2S. The first-order chi connectivity index (χ1) is 9.37. The Morgan fingerprint density at radius 3 is 2.70 bits per heavy atom. The number of nitrogen functional groups attached to an aromatic ring is 1. The molecule has 1 aromatic heterocycles. The van der Waals surface area contributed by atoms with Crippen molar-refractivity contribution in [2.45, 2.75) is 11.7 Å². The maximum absolute atomic E-state index is 12.0. The maximum atomic E-state index is 12.0. The molecule has 0 saturated heterocycles. The van der Waals surface area contributed by atoms with E-state index in [1.807, 2.05) is 12.1 Å². The molecule has 2 rings (SSSR count). The van der Waals surface area contributed by atoms with E-state index in [4.69, 9.17) is 17.3 Å². The van der Waals surface area contributed by atoms with Crippen molar-refractivity contribution in [2.75, 3.05) is 5.73 Å². The van der Waals surface area contributed by atoms with Crippen LogP contribution in [0.2, 0.25) is 5.15 Å². The number of hydrogen-bond donors (Lipinski definition) is 2. The molecule has 3 N–H and O–H groups in total. The highest BCUT2D eigenvalue weighted by Crippen LogP contribution is 2.14. The number of benzene rings is 1. The Morgan fingerprint density at radius 2 is 2.05 bits per heavy atom. The minimum atomic E-state index is -3.87. The standard InChI is InChI=1S/C11H10BrClN4O2S/c12-8-3-1-2-7(4-8)6-15-20(18,19)11-16-9(13)5-10(14)17-11/h1-5,15H,6H2,(H2,14,16,17). The van der Waals surface area contributed by atoms with E-state index in [-0.39, 0.29) is 17.5 Å². The summed E-state index contributed by atoms with van der Waals surface area (Å²) in [6, 6.07) is 8.52. The van der Waals surface area contributed by atoms with Crippen LogP contribution in [0.3, 0.4) is 0 Å². The Labute approximate surface area is 129 Å². The first-order valence-electron chi connectivity index (χ1n) is 5.41. The molecular weight excluding hydrogens is 368 g/mol. The average Bonchev–Trinajstić information content (AvgIpc) is 2.35. The van der Waals surface area contributed by atoms with Gasteiger partial charge in [0.25, 0.3) is 15.2 Å². The minimum absolute atomic E-state index is 0.00664. The molecule has 0 aliphatic rings. The zero-order valence-electron chi connectivity index (χ0n) is 10.0. The van der Waals surface area contributed by atoms with Crippen molar-refractivity contribution in [2.24, 2.45) is 0 Å².